The van der Waals surface area contributed by atoms with Gasteiger partial charge in [-0.3, -0.25) is 4.79 Å². The van der Waals surface area contributed by atoms with Crippen molar-refractivity contribution in [2.45, 2.75) is 19.8 Å². The van der Waals surface area contributed by atoms with Crippen molar-refractivity contribution in [3.05, 3.63) is 24.3 Å². The van der Waals surface area contributed by atoms with Crippen LogP contribution in [-0.4, -0.2) is 13.1 Å². The quantitative estimate of drug-likeness (QED) is 0.457. The van der Waals surface area contributed by atoms with Crippen LogP contribution in [0.3, 0.4) is 0 Å². The van der Waals surface area contributed by atoms with Gasteiger partial charge in [-0.1, -0.05) is 24.3 Å². The zero-order valence-electron chi connectivity index (χ0n) is 7.09. The Morgan fingerprint density at radius 3 is 2.64 bits per heavy atom. The van der Waals surface area contributed by atoms with E-state index in [-0.39, 0.29) is 5.97 Å². The highest BCUT2D eigenvalue weighted by molar-refractivity contribution is 5.69. The van der Waals surface area contributed by atoms with E-state index in [0.29, 0.717) is 6.42 Å². The first kappa shape index (κ1) is 9.95. The average molecular weight is 154 g/mol. The minimum absolute atomic E-state index is 0.165. The van der Waals surface area contributed by atoms with Gasteiger partial charge in [0.2, 0.25) is 0 Å². The number of esters is 1. The van der Waals surface area contributed by atoms with Gasteiger partial charge in [-0.2, -0.15) is 0 Å². The molecule has 0 aliphatic rings. The predicted octanol–water partition coefficient (Wildman–Crippen LogP) is 2.07. The molecule has 0 aromatic rings. The van der Waals surface area contributed by atoms with Gasteiger partial charge in [-0.15, -0.1) is 0 Å². The lowest BCUT2D eigenvalue weighted by Gasteiger charge is -1.98. The Hall–Kier alpha value is -1.05. The number of ether oxygens (including phenoxy) is 1. The zero-order valence-corrected chi connectivity index (χ0v) is 7.09. The summed E-state index contributed by atoms with van der Waals surface area (Å²) in [5, 5.41) is 0. The largest absolute Gasteiger partial charge is 0.469 e. The van der Waals surface area contributed by atoms with Gasteiger partial charge in [0.25, 0.3) is 0 Å². The maximum absolute atomic E-state index is 10.6. The fraction of sp³-hybridized carbons (Fsp3) is 0.444. The van der Waals surface area contributed by atoms with E-state index in [1.165, 1.54) is 7.11 Å². The maximum Gasteiger partial charge on any atom is 0.305 e. The van der Waals surface area contributed by atoms with Crippen LogP contribution >= 0.6 is 0 Å². The Labute approximate surface area is 67.6 Å². The number of carbonyl (C=O) groups is 1. The van der Waals surface area contributed by atoms with E-state index in [9.17, 15) is 4.79 Å². The van der Waals surface area contributed by atoms with Crippen LogP contribution in [0.2, 0.25) is 0 Å². The molecule has 0 aliphatic carbocycles. The van der Waals surface area contributed by atoms with Gasteiger partial charge in [0, 0.05) is 6.42 Å². The molecular formula is C9H14O2. The maximum atomic E-state index is 10.6. The third-order valence-electron chi connectivity index (χ3n) is 1.35. The van der Waals surface area contributed by atoms with Gasteiger partial charge in [0.1, 0.15) is 0 Å². The third kappa shape index (κ3) is 5.40. The van der Waals surface area contributed by atoms with E-state index < -0.39 is 0 Å². The number of methoxy groups -OCH3 is 1. The summed E-state index contributed by atoms with van der Waals surface area (Å²) >= 11 is 0. The molecule has 0 aliphatic heterocycles. The van der Waals surface area contributed by atoms with Crippen LogP contribution in [0.5, 0.6) is 0 Å². The van der Waals surface area contributed by atoms with Crippen molar-refractivity contribution in [1.29, 1.82) is 0 Å². The molecular weight excluding hydrogens is 140 g/mol. The second-order valence-corrected chi connectivity index (χ2v) is 2.32. The van der Waals surface area contributed by atoms with E-state index >= 15 is 0 Å². The molecule has 2 nitrogen and oxygen atoms in total. The minimum atomic E-state index is -0.165. The Balaban J connectivity index is 3.61. The molecule has 0 unspecified atom stereocenters. The van der Waals surface area contributed by atoms with E-state index in [4.69, 9.17) is 0 Å². The third-order valence-corrected chi connectivity index (χ3v) is 1.35. The Morgan fingerprint density at radius 2 is 2.18 bits per heavy atom. The molecule has 0 saturated heterocycles. The second-order valence-electron chi connectivity index (χ2n) is 2.32. The van der Waals surface area contributed by atoms with Gasteiger partial charge < -0.3 is 4.74 Å². The predicted molar refractivity (Wildman–Crippen MR) is 45.2 cm³/mol. The molecule has 0 fully saturated rings. The van der Waals surface area contributed by atoms with E-state index in [2.05, 4.69) is 11.3 Å². The highest BCUT2D eigenvalue weighted by Crippen LogP contribution is 2.04. The first-order valence-electron chi connectivity index (χ1n) is 3.55. The molecule has 0 heterocycles. The van der Waals surface area contributed by atoms with Crippen LogP contribution in [0, 0.1) is 0 Å². The highest BCUT2D eigenvalue weighted by atomic mass is 16.5. The normalized spacial score (nSPS) is 10.9. The molecule has 0 bridgehead atoms. The van der Waals surface area contributed by atoms with Gasteiger partial charge in [-0.05, 0) is 13.3 Å². The van der Waals surface area contributed by atoms with Crippen molar-refractivity contribution in [2.75, 3.05) is 7.11 Å². The number of rotatable bonds is 4. The summed E-state index contributed by atoms with van der Waals surface area (Å²) in [6.07, 6.45) is 4.81. The standard InChI is InChI=1S/C9H14O2/c1-4-5-8(2)6-7-9(10)11-3/h4-5H,1,6-7H2,2-3H3. The van der Waals surface area contributed by atoms with Gasteiger partial charge in [0.15, 0.2) is 0 Å². The number of hydrogen-bond donors (Lipinski definition) is 0. The SMILES string of the molecule is C=CC=C(C)CCC(=O)OC. The van der Waals surface area contributed by atoms with Gasteiger partial charge in [0.05, 0.1) is 7.11 Å². The number of hydrogen-bond acceptors (Lipinski definition) is 2. The molecule has 0 radical (unpaired) electrons. The molecule has 11 heavy (non-hydrogen) atoms. The van der Waals surface area contributed by atoms with E-state index in [0.717, 1.165) is 12.0 Å². The second kappa shape index (κ2) is 5.71. The topological polar surface area (TPSA) is 26.3 Å². The van der Waals surface area contributed by atoms with Crippen molar-refractivity contribution in [3.63, 3.8) is 0 Å². The average Bonchev–Trinajstić information content (AvgIpc) is 2.01. The Morgan fingerprint density at radius 1 is 1.55 bits per heavy atom. The molecule has 0 rings (SSSR count). The van der Waals surface area contributed by atoms with E-state index in [1.54, 1.807) is 6.08 Å². The molecule has 0 spiro atoms. The van der Waals surface area contributed by atoms with Crippen molar-refractivity contribution >= 4 is 5.97 Å². The van der Waals surface area contributed by atoms with E-state index in [1.807, 2.05) is 13.0 Å². The lowest BCUT2D eigenvalue weighted by molar-refractivity contribution is -0.140. The summed E-state index contributed by atoms with van der Waals surface area (Å²) in [7, 11) is 1.40. The minimum Gasteiger partial charge on any atom is -0.469 e. The Kier molecular flexibility index (Phi) is 5.17. The molecule has 0 N–H and O–H groups in total. The molecule has 0 aromatic heterocycles. The van der Waals surface area contributed by atoms with Crippen LogP contribution < -0.4 is 0 Å². The lowest BCUT2D eigenvalue weighted by Crippen LogP contribution is -1.99. The highest BCUT2D eigenvalue weighted by Gasteiger charge is 1.98. The summed E-state index contributed by atoms with van der Waals surface area (Å²) in [5.74, 6) is -0.165. The number of allylic oxidation sites excluding steroid dienone is 3. The molecule has 0 saturated carbocycles. The van der Waals surface area contributed by atoms with Crippen LogP contribution in [0.15, 0.2) is 24.3 Å². The van der Waals surface area contributed by atoms with Crippen molar-refractivity contribution in [3.8, 4) is 0 Å². The molecule has 0 amide bonds. The first-order chi connectivity index (χ1) is 5.20. The molecule has 2 heteroatoms. The smallest absolute Gasteiger partial charge is 0.305 e. The summed E-state index contributed by atoms with van der Waals surface area (Å²) in [6.45, 7) is 5.52. The summed E-state index contributed by atoms with van der Waals surface area (Å²) in [6, 6.07) is 0. The fourth-order valence-electron chi connectivity index (χ4n) is 0.686. The summed E-state index contributed by atoms with van der Waals surface area (Å²) < 4.78 is 4.49. The summed E-state index contributed by atoms with van der Waals surface area (Å²) in [5.41, 5.74) is 1.14. The Bertz CT molecular complexity index is 168. The first-order valence-corrected chi connectivity index (χ1v) is 3.55. The van der Waals surface area contributed by atoms with Crippen molar-refractivity contribution < 1.29 is 9.53 Å². The van der Waals surface area contributed by atoms with Crippen LogP contribution in [0.1, 0.15) is 19.8 Å². The lowest BCUT2D eigenvalue weighted by atomic mass is 10.1. The van der Waals surface area contributed by atoms with Gasteiger partial charge in [-0.25, -0.2) is 0 Å². The molecule has 62 valence electrons. The van der Waals surface area contributed by atoms with Crippen molar-refractivity contribution in [1.82, 2.24) is 0 Å². The van der Waals surface area contributed by atoms with Crippen LogP contribution in [-0.2, 0) is 9.53 Å². The molecule has 0 atom stereocenters. The monoisotopic (exact) mass is 154 g/mol. The van der Waals surface area contributed by atoms with Crippen LogP contribution in [0.25, 0.3) is 0 Å². The summed E-state index contributed by atoms with van der Waals surface area (Å²) in [4.78, 5) is 10.6. The molecule has 0 aromatic carbocycles. The van der Waals surface area contributed by atoms with Crippen molar-refractivity contribution in [2.24, 2.45) is 0 Å². The zero-order chi connectivity index (χ0) is 8.69. The van der Waals surface area contributed by atoms with Gasteiger partial charge >= 0.3 is 5.97 Å². The number of carbonyl (C=O) groups excluding carboxylic acids is 1. The fourth-order valence-corrected chi connectivity index (χ4v) is 0.686. The van der Waals surface area contributed by atoms with Crippen LogP contribution in [0.4, 0.5) is 0 Å².